The molecule has 1 unspecified atom stereocenters. The number of ether oxygens (including phenoxy) is 2. The highest BCUT2D eigenvalue weighted by molar-refractivity contribution is 5.09. The molecule has 0 N–H and O–H groups in total. The molecule has 1 saturated heterocycles. The molecule has 14 heavy (non-hydrogen) atoms. The molecule has 1 fully saturated rings. The number of nitrogens with zero attached hydrogens (tertiary/aromatic N) is 1. The van der Waals surface area contributed by atoms with Crippen molar-refractivity contribution >= 4 is 0 Å². The minimum atomic E-state index is 0.281. The predicted octanol–water partition coefficient (Wildman–Crippen LogP) is 1.26. The highest BCUT2D eigenvalue weighted by Gasteiger charge is 2.22. The Hall–Kier alpha value is -1.31. The lowest BCUT2D eigenvalue weighted by atomic mass is 10.3. The lowest BCUT2D eigenvalue weighted by Gasteiger charge is -1.97. The van der Waals surface area contributed by atoms with E-state index >= 15 is 0 Å². The van der Waals surface area contributed by atoms with Crippen LogP contribution in [0.3, 0.4) is 0 Å². The third-order valence-corrected chi connectivity index (χ3v) is 1.92. The van der Waals surface area contributed by atoms with Crippen LogP contribution in [0.4, 0.5) is 0 Å². The van der Waals surface area contributed by atoms with E-state index in [2.05, 4.69) is 0 Å². The number of furan rings is 1. The summed E-state index contributed by atoms with van der Waals surface area (Å²) in [5.41, 5.74) is 0. The lowest BCUT2D eigenvalue weighted by molar-refractivity contribution is 0.0907. The molecule has 1 aliphatic heterocycles. The zero-order valence-corrected chi connectivity index (χ0v) is 7.73. The van der Waals surface area contributed by atoms with E-state index in [1.165, 1.54) is 0 Å². The van der Waals surface area contributed by atoms with Gasteiger partial charge in [-0.05, 0) is 12.1 Å². The van der Waals surface area contributed by atoms with Gasteiger partial charge in [0.05, 0.1) is 25.7 Å². The summed E-state index contributed by atoms with van der Waals surface area (Å²) in [6.45, 7) is 1.87. The number of nitriles is 1. The number of epoxide rings is 1. The lowest BCUT2D eigenvalue weighted by Crippen LogP contribution is -2.00. The smallest absolute Gasteiger partial charge is 0.129 e. The normalized spacial score (nSPS) is 19.2. The SMILES string of the molecule is N#CCc1ccc(COCC2CO2)o1. The summed E-state index contributed by atoms with van der Waals surface area (Å²) < 4.78 is 15.7. The van der Waals surface area contributed by atoms with E-state index in [1.807, 2.05) is 12.1 Å². The minimum Gasteiger partial charge on any atom is -0.463 e. The molecule has 0 spiro atoms. The topological polar surface area (TPSA) is 58.7 Å². The summed E-state index contributed by atoms with van der Waals surface area (Å²) in [6, 6.07) is 5.66. The average Bonchev–Trinajstić information content (AvgIpc) is 2.88. The van der Waals surface area contributed by atoms with Gasteiger partial charge in [0.15, 0.2) is 0 Å². The van der Waals surface area contributed by atoms with Gasteiger partial charge in [-0.1, -0.05) is 0 Å². The van der Waals surface area contributed by atoms with E-state index in [0.717, 1.165) is 12.4 Å². The summed E-state index contributed by atoms with van der Waals surface area (Å²) in [7, 11) is 0. The van der Waals surface area contributed by atoms with Crippen LogP contribution in [0.1, 0.15) is 11.5 Å². The first-order chi connectivity index (χ1) is 6.88. The van der Waals surface area contributed by atoms with Crippen molar-refractivity contribution in [1.29, 1.82) is 5.26 Å². The third kappa shape index (κ3) is 2.59. The maximum atomic E-state index is 8.43. The molecular weight excluding hydrogens is 182 g/mol. The molecular formula is C10H11NO3. The van der Waals surface area contributed by atoms with Gasteiger partial charge in [-0.2, -0.15) is 5.26 Å². The van der Waals surface area contributed by atoms with Crippen LogP contribution in [0.5, 0.6) is 0 Å². The average molecular weight is 193 g/mol. The molecule has 0 radical (unpaired) electrons. The first kappa shape index (κ1) is 9.25. The van der Waals surface area contributed by atoms with E-state index in [-0.39, 0.29) is 6.10 Å². The number of hydrogen-bond acceptors (Lipinski definition) is 4. The van der Waals surface area contributed by atoms with E-state index in [4.69, 9.17) is 19.2 Å². The van der Waals surface area contributed by atoms with Crippen LogP contribution in [0.15, 0.2) is 16.5 Å². The van der Waals surface area contributed by atoms with Crippen molar-refractivity contribution in [3.8, 4) is 6.07 Å². The fourth-order valence-electron chi connectivity index (χ4n) is 1.13. The summed E-state index contributed by atoms with van der Waals surface area (Å²) in [6.07, 6.45) is 0.592. The fraction of sp³-hybridized carbons (Fsp3) is 0.500. The second-order valence-electron chi connectivity index (χ2n) is 3.17. The minimum absolute atomic E-state index is 0.281. The van der Waals surface area contributed by atoms with Crippen LogP contribution in [0.2, 0.25) is 0 Å². The van der Waals surface area contributed by atoms with E-state index in [9.17, 15) is 0 Å². The van der Waals surface area contributed by atoms with Gasteiger partial charge in [0.2, 0.25) is 0 Å². The molecule has 0 aromatic carbocycles. The molecule has 1 aromatic heterocycles. The van der Waals surface area contributed by atoms with Crippen molar-refractivity contribution in [1.82, 2.24) is 0 Å². The molecule has 1 aromatic rings. The monoisotopic (exact) mass is 193 g/mol. The Bertz CT molecular complexity index is 335. The largest absolute Gasteiger partial charge is 0.463 e. The first-order valence-electron chi connectivity index (χ1n) is 4.52. The van der Waals surface area contributed by atoms with Gasteiger partial charge in [0.25, 0.3) is 0 Å². The zero-order valence-electron chi connectivity index (χ0n) is 7.73. The molecule has 4 nitrogen and oxygen atoms in total. The Labute approximate surface area is 82.0 Å². The molecule has 0 aliphatic carbocycles. The highest BCUT2D eigenvalue weighted by atomic mass is 16.6. The Morgan fingerprint density at radius 3 is 3.00 bits per heavy atom. The van der Waals surface area contributed by atoms with Gasteiger partial charge in [0.1, 0.15) is 24.2 Å². The third-order valence-electron chi connectivity index (χ3n) is 1.92. The standard InChI is InChI=1S/C10H11NO3/c11-4-3-8-1-2-9(14-8)5-12-6-10-7-13-10/h1-2,10H,3,5-7H2. The van der Waals surface area contributed by atoms with Gasteiger partial charge in [-0.3, -0.25) is 0 Å². The van der Waals surface area contributed by atoms with E-state index < -0.39 is 0 Å². The Balaban J connectivity index is 1.74. The van der Waals surface area contributed by atoms with E-state index in [0.29, 0.717) is 25.4 Å². The van der Waals surface area contributed by atoms with Crippen molar-refractivity contribution in [2.45, 2.75) is 19.1 Å². The maximum absolute atomic E-state index is 8.43. The molecule has 0 bridgehead atoms. The van der Waals surface area contributed by atoms with Crippen LogP contribution in [-0.2, 0) is 22.5 Å². The van der Waals surface area contributed by atoms with Crippen LogP contribution in [-0.4, -0.2) is 19.3 Å². The summed E-state index contributed by atoms with van der Waals surface area (Å²) in [5.74, 6) is 1.45. The van der Waals surface area contributed by atoms with Gasteiger partial charge in [-0.25, -0.2) is 0 Å². The van der Waals surface area contributed by atoms with Crippen molar-refractivity contribution in [3.05, 3.63) is 23.7 Å². The summed E-state index contributed by atoms with van der Waals surface area (Å²) >= 11 is 0. The van der Waals surface area contributed by atoms with Gasteiger partial charge >= 0.3 is 0 Å². The molecule has 0 amide bonds. The highest BCUT2D eigenvalue weighted by Crippen LogP contribution is 2.12. The van der Waals surface area contributed by atoms with E-state index in [1.54, 1.807) is 6.07 Å². The zero-order chi connectivity index (χ0) is 9.80. The second kappa shape index (κ2) is 4.27. The molecule has 1 atom stereocenters. The first-order valence-corrected chi connectivity index (χ1v) is 4.52. The molecule has 74 valence electrons. The summed E-state index contributed by atoms with van der Waals surface area (Å²) in [4.78, 5) is 0. The van der Waals surface area contributed by atoms with Crippen molar-refractivity contribution in [2.24, 2.45) is 0 Å². The predicted molar refractivity (Wildman–Crippen MR) is 47.4 cm³/mol. The second-order valence-corrected chi connectivity index (χ2v) is 3.17. The molecule has 1 aliphatic rings. The van der Waals surface area contributed by atoms with Crippen molar-refractivity contribution < 1.29 is 13.9 Å². The Morgan fingerprint density at radius 1 is 1.50 bits per heavy atom. The summed E-state index contributed by atoms with van der Waals surface area (Å²) in [5, 5.41) is 8.43. The van der Waals surface area contributed by atoms with Gasteiger partial charge in [0, 0.05) is 0 Å². The van der Waals surface area contributed by atoms with Crippen molar-refractivity contribution in [2.75, 3.05) is 13.2 Å². The maximum Gasteiger partial charge on any atom is 0.129 e. The molecule has 2 rings (SSSR count). The van der Waals surface area contributed by atoms with Gasteiger partial charge < -0.3 is 13.9 Å². The number of rotatable bonds is 5. The molecule has 2 heterocycles. The number of hydrogen-bond donors (Lipinski definition) is 0. The van der Waals surface area contributed by atoms with Crippen molar-refractivity contribution in [3.63, 3.8) is 0 Å². The van der Waals surface area contributed by atoms with Crippen LogP contribution in [0, 0.1) is 11.3 Å². The quantitative estimate of drug-likeness (QED) is 0.660. The Kier molecular flexibility index (Phi) is 2.82. The molecule has 0 saturated carbocycles. The molecule has 4 heteroatoms. The van der Waals surface area contributed by atoms with Crippen LogP contribution >= 0.6 is 0 Å². The van der Waals surface area contributed by atoms with Crippen LogP contribution < -0.4 is 0 Å². The van der Waals surface area contributed by atoms with Gasteiger partial charge in [-0.15, -0.1) is 0 Å². The fourth-order valence-corrected chi connectivity index (χ4v) is 1.13. The van der Waals surface area contributed by atoms with Crippen LogP contribution in [0.25, 0.3) is 0 Å². The Morgan fingerprint density at radius 2 is 2.29 bits per heavy atom.